The molecule has 0 saturated carbocycles. The summed E-state index contributed by atoms with van der Waals surface area (Å²) >= 11 is 11.8. The monoisotopic (exact) mass is 431 g/mol. The molecule has 0 aliphatic carbocycles. The summed E-state index contributed by atoms with van der Waals surface area (Å²) < 4.78 is 5.63. The van der Waals surface area contributed by atoms with Gasteiger partial charge in [-0.2, -0.15) is 0 Å². The van der Waals surface area contributed by atoms with Gasteiger partial charge in [-0.1, -0.05) is 31.0 Å². The Morgan fingerprint density at radius 3 is 2.59 bits per heavy atom. The van der Waals surface area contributed by atoms with E-state index in [0.29, 0.717) is 17.2 Å². The molecule has 2 N–H and O–H groups in total. The van der Waals surface area contributed by atoms with Gasteiger partial charge in [0.25, 0.3) is 5.91 Å². The van der Waals surface area contributed by atoms with E-state index in [1.54, 1.807) is 24.3 Å². The summed E-state index contributed by atoms with van der Waals surface area (Å²) in [6.07, 6.45) is 4.37. The average molecular weight is 432 g/mol. The molecule has 0 radical (unpaired) electrons. The molecule has 3 rings (SSSR count). The fraction of sp³-hybridized carbons (Fsp3) is 0.364. The number of hydrogen-bond acceptors (Lipinski definition) is 4. The molecular formula is C22H26ClN3O2S. The summed E-state index contributed by atoms with van der Waals surface area (Å²) in [5.41, 5.74) is 2.24. The molecule has 5 nitrogen and oxygen atoms in total. The molecule has 1 aliphatic heterocycles. The number of anilines is 2. The van der Waals surface area contributed by atoms with Crippen molar-refractivity contribution in [1.82, 2.24) is 5.32 Å². The molecule has 7 heteroatoms. The zero-order chi connectivity index (χ0) is 20.6. The van der Waals surface area contributed by atoms with Gasteiger partial charge >= 0.3 is 0 Å². The lowest BCUT2D eigenvalue weighted by Crippen LogP contribution is -2.34. The van der Waals surface area contributed by atoms with E-state index in [1.807, 2.05) is 18.2 Å². The van der Waals surface area contributed by atoms with E-state index in [0.717, 1.165) is 55.9 Å². The summed E-state index contributed by atoms with van der Waals surface area (Å²) in [5.74, 6) is 0.484. The third kappa shape index (κ3) is 5.84. The van der Waals surface area contributed by atoms with Gasteiger partial charge in [-0.25, -0.2) is 0 Å². The van der Waals surface area contributed by atoms with Crippen LogP contribution in [-0.2, 0) is 0 Å². The SMILES string of the molecule is CCCCOc1ccc(C(=O)NC(=S)Nc2cccc(Cl)c2N2CCCC2)cc1. The van der Waals surface area contributed by atoms with Crippen LogP contribution in [-0.4, -0.2) is 30.7 Å². The van der Waals surface area contributed by atoms with Crippen molar-refractivity contribution in [1.29, 1.82) is 0 Å². The highest BCUT2D eigenvalue weighted by molar-refractivity contribution is 7.80. The zero-order valence-electron chi connectivity index (χ0n) is 16.5. The quantitative estimate of drug-likeness (QED) is 0.463. The molecule has 0 atom stereocenters. The number of ether oxygens (including phenoxy) is 1. The van der Waals surface area contributed by atoms with Crippen molar-refractivity contribution in [2.75, 3.05) is 29.9 Å². The summed E-state index contributed by atoms with van der Waals surface area (Å²) in [5, 5.41) is 6.76. The summed E-state index contributed by atoms with van der Waals surface area (Å²) in [6.45, 7) is 4.72. The predicted molar refractivity (Wildman–Crippen MR) is 123 cm³/mol. The number of amides is 1. The van der Waals surface area contributed by atoms with Crippen LogP contribution in [0.25, 0.3) is 0 Å². The number of thiocarbonyl (C=S) groups is 1. The Morgan fingerprint density at radius 2 is 1.90 bits per heavy atom. The van der Waals surface area contributed by atoms with Crippen LogP contribution in [0.1, 0.15) is 43.0 Å². The minimum absolute atomic E-state index is 0.237. The van der Waals surface area contributed by atoms with Crippen LogP contribution in [0.4, 0.5) is 11.4 Å². The Kier molecular flexibility index (Phi) is 7.72. The standard InChI is InChI=1S/C22H26ClN3O2S/c1-2-3-15-28-17-11-9-16(10-12-17)21(27)25-22(29)24-19-8-6-7-18(23)20(19)26-13-4-5-14-26/h6-12H,2-5,13-15H2,1H3,(H2,24,25,27,29). The van der Waals surface area contributed by atoms with Gasteiger partial charge in [0, 0.05) is 18.7 Å². The van der Waals surface area contributed by atoms with Gasteiger partial charge in [0.2, 0.25) is 0 Å². The van der Waals surface area contributed by atoms with E-state index in [2.05, 4.69) is 22.5 Å². The van der Waals surface area contributed by atoms with E-state index >= 15 is 0 Å². The minimum atomic E-state index is -0.271. The van der Waals surface area contributed by atoms with E-state index in [9.17, 15) is 4.79 Å². The molecule has 0 unspecified atom stereocenters. The number of para-hydroxylation sites is 1. The Hall–Kier alpha value is -2.31. The third-order valence-electron chi connectivity index (χ3n) is 4.77. The average Bonchev–Trinajstić information content (AvgIpc) is 3.23. The number of carbonyl (C=O) groups excluding carboxylic acids is 1. The summed E-state index contributed by atoms with van der Waals surface area (Å²) in [7, 11) is 0. The fourth-order valence-corrected chi connectivity index (χ4v) is 3.74. The molecule has 1 heterocycles. The van der Waals surface area contributed by atoms with Crippen molar-refractivity contribution < 1.29 is 9.53 Å². The molecule has 1 fully saturated rings. The van der Waals surface area contributed by atoms with Crippen molar-refractivity contribution in [3.8, 4) is 5.75 Å². The van der Waals surface area contributed by atoms with Crippen molar-refractivity contribution in [2.24, 2.45) is 0 Å². The molecule has 0 aromatic heterocycles. The minimum Gasteiger partial charge on any atom is -0.494 e. The number of nitrogens with zero attached hydrogens (tertiary/aromatic N) is 1. The van der Waals surface area contributed by atoms with Gasteiger partial charge in [0.15, 0.2) is 5.11 Å². The zero-order valence-corrected chi connectivity index (χ0v) is 18.1. The van der Waals surface area contributed by atoms with Gasteiger partial charge in [-0.05, 0) is 67.9 Å². The Morgan fingerprint density at radius 1 is 1.17 bits per heavy atom. The molecule has 2 aromatic rings. The van der Waals surface area contributed by atoms with Crippen LogP contribution >= 0.6 is 23.8 Å². The van der Waals surface area contributed by atoms with Crippen molar-refractivity contribution in [2.45, 2.75) is 32.6 Å². The van der Waals surface area contributed by atoms with Crippen LogP contribution in [0.2, 0.25) is 5.02 Å². The van der Waals surface area contributed by atoms with Crippen LogP contribution in [0.5, 0.6) is 5.75 Å². The second kappa shape index (κ2) is 10.5. The maximum atomic E-state index is 12.5. The van der Waals surface area contributed by atoms with Crippen LogP contribution in [0, 0.1) is 0 Å². The maximum Gasteiger partial charge on any atom is 0.257 e. The molecule has 1 amide bonds. The van der Waals surface area contributed by atoms with Gasteiger partial charge in [0.05, 0.1) is 23.0 Å². The lowest BCUT2D eigenvalue weighted by Gasteiger charge is -2.23. The van der Waals surface area contributed by atoms with Gasteiger partial charge < -0.3 is 15.0 Å². The smallest absolute Gasteiger partial charge is 0.257 e. The summed E-state index contributed by atoms with van der Waals surface area (Å²) in [6, 6.07) is 12.7. The molecule has 1 aliphatic rings. The van der Waals surface area contributed by atoms with Crippen molar-refractivity contribution >= 4 is 46.2 Å². The molecule has 0 spiro atoms. The Labute approximate surface area is 182 Å². The molecule has 29 heavy (non-hydrogen) atoms. The van der Waals surface area contributed by atoms with E-state index in [-0.39, 0.29) is 11.0 Å². The first-order valence-electron chi connectivity index (χ1n) is 9.97. The first-order valence-corrected chi connectivity index (χ1v) is 10.8. The highest BCUT2D eigenvalue weighted by Gasteiger charge is 2.19. The fourth-order valence-electron chi connectivity index (χ4n) is 3.24. The topological polar surface area (TPSA) is 53.6 Å². The highest BCUT2D eigenvalue weighted by Crippen LogP contribution is 2.35. The van der Waals surface area contributed by atoms with Crippen LogP contribution in [0.3, 0.4) is 0 Å². The number of halogens is 1. The van der Waals surface area contributed by atoms with E-state index in [1.165, 1.54) is 0 Å². The first kappa shape index (κ1) is 21.4. The number of rotatable bonds is 7. The molecule has 0 bridgehead atoms. The normalized spacial score (nSPS) is 13.2. The second-order valence-electron chi connectivity index (χ2n) is 6.96. The lowest BCUT2D eigenvalue weighted by atomic mass is 10.2. The van der Waals surface area contributed by atoms with Crippen molar-refractivity contribution in [3.63, 3.8) is 0 Å². The lowest BCUT2D eigenvalue weighted by molar-refractivity contribution is 0.0977. The highest BCUT2D eigenvalue weighted by atomic mass is 35.5. The van der Waals surface area contributed by atoms with E-state index in [4.69, 9.17) is 28.6 Å². The first-order chi connectivity index (χ1) is 14.1. The maximum absolute atomic E-state index is 12.5. The molecular weight excluding hydrogens is 406 g/mol. The summed E-state index contributed by atoms with van der Waals surface area (Å²) in [4.78, 5) is 14.8. The van der Waals surface area contributed by atoms with Gasteiger partial charge in [-0.15, -0.1) is 0 Å². The third-order valence-corrected chi connectivity index (χ3v) is 5.28. The Balaban J connectivity index is 1.61. The van der Waals surface area contributed by atoms with Crippen LogP contribution < -0.4 is 20.3 Å². The number of nitrogens with one attached hydrogen (secondary N) is 2. The number of hydrogen-bond donors (Lipinski definition) is 2. The van der Waals surface area contributed by atoms with Crippen LogP contribution in [0.15, 0.2) is 42.5 Å². The molecule has 1 saturated heterocycles. The van der Waals surface area contributed by atoms with Crippen molar-refractivity contribution in [3.05, 3.63) is 53.1 Å². The molecule has 154 valence electrons. The Bertz CT molecular complexity index is 852. The van der Waals surface area contributed by atoms with Gasteiger partial charge in [-0.3, -0.25) is 10.1 Å². The number of benzene rings is 2. The largest absolute Gasteiger partial charge is 0.494 e. The number of unbranched alkanes of at least 4 members (excludes halogenated alkanes) is 1. The number of carbonyl (C=O) groups is 1. The molecule has 2 aromatic carbocycles. The predicted octanol–water partition coefficient (Wildman–Crippen LogP) is 5.25. The van der Waals surface area contributed by atoms with E-state index < -0.39 is 0 Å². The van der Waals surface area contributed by atoms with Gasteiger partial charge in [0.1, 0.15) is 5.75 Å². The second-order valence-corrected chi connectivity index (χ2v) is 7.78.